The minimum atomic E-state index is -0.0977. The highest BCUT2D eigenvalue weighted by Crippen LogP contribution is 2.40. The van der Waals surface area contributed by atoms with E-state index in [1.54, 1.807) is 12.1 Å². The summed E-state index contributed by atoms with van der Waals surface area (Å²) in [6, 6.07) is 5.53. The number of thiophene rings is 1. The molecule has 1 aliphatic rings. The molecule has 3 aromatic rings. The molecule has 3 N–H and O–H groups in total. The smallest absolute Gasteiger partial charge is 0.224 e. The van der Waals surface area contributed by atoms with Crippen molar-refractivity contribution in [1.29, 1.82) is 0 Å². The van der Waals surface area contributed by atoms with E-state index in [0.29, 0.717) is 55.7 Å². The van der Waals surface area contributed by atoms with Crippen LogP contribution in [0.15, 0.2) is 18.2 Å². The summed E-state index contributed by atoms with van der Waals surface area (Å²) in [7, 11) is 0. The second-order valence-corrected chi connectivity index (χ2v) is 8.45. The largest absolute Gasteiger partial charge is 0.397 e. The Labute approximate surface area is 176 Å². The van der Waals surface area contributed by atoms with Crippen LogP contribution in [0.1, 0.15) is 29.4 Å². The van der Waals surface area contributed by atoms with Gasteiger partial charge in [0.05, 0.1) is 31.7 Å². The van der Waals surface area contributed by atoms with Crippen molar-refractivity contribution in [3.63, 3.8) is 0 Å². The van der Waals surface area contributed by atoms with Crippen LogP contribution in [-0.2, 0) is 4.74 Å². The zero-order valence-corrected chi connectivity index (χ0v) is 17.4. The number of ether oxygens (including phenoxy) is 1. The summed E-state index contributed by atoms with van der Waals surface area (Å²) in [4.78, 5) is 22.5. The molecule has 1 saturated heterocycles. The fourth-order valence-corrected chi connectivity index (χ4v) is 4.51. The highest BCUT2D eigenvalue weighted by molar-refractivity contribution is 7.21. The Hall–Kier alpha value is -1.93. The molecule has 2 aromatic heterocycles. The van der Waals surface area contributed by atoms with Crippen LogP contribution in [0, 0.1) is 0 Å². The first-order valence-corrected chi connectivity index (χ1v) is 10.4. The molecule has 0 radical (unpaired) electrons. The lowest BCUT2D eigenvalue weighted by molar-refractivity contribution is 0.0903. The predicted octanol–water partition coefficient (Wildman–Crippen LogP) is 5.04. The third-order valence-corrected chi connectivity index (χ3v) is 6.60. The van der Waals surface area contributed by atoms with E-state index >= 15 is 0 Å². The molecule has 6 nitrogen and oxygen atoms in total. The number of rotatable bonds is 4. The van der Waals surface area contributed by atoms with Gasteiger partial charge in [-0.25, -0.2) is 9.97 Å². The van der Waals surface area contributed by atoms with Crippen molar-refractivity contribution in [1.82, 2.24) is 9.97 Å². The Morgan fingerprint density at radius 1 is 1.25 bits per heavy atom. The number of carbonyl (C=O) groups excluding carboxylic acids is 1. The number of nitrogen functional groups attached to an aromatic ring is 1. The van der Waals surface area contributed by atoms with Gasteiger partial charge in [0.15, 0.2) is 5.78 Å². The van der Waals surface area contributed by atoms with Crippen LogP contribution in [0.4, 0.5) is 11.6 Å². The van der Waals surface area contributed by atoms with Gasteiger partial charge in [0.2, 0.25) is 5.95 Å². The lowest BCUT2D eigenvalue weighted by Crippen LogP contribution is -2.28. The van der Waals surface area contributed by atoms with E-state index in [1.165, 1.54) is 18.3 Å². The number of nitrogens with two attached hydrogens (primary N) is 1. The average Bonchev–Trinajstić information content (AvgIpc) is 3.01. The lowest BCUT2D eigenvalue weighted by Gasteiger charge is -2.23. The summed E-state index contributed by atoms with van der Waals surface area (Å²) in [6.07, 6.45) is 1.77. The molecule has 0 spiro atoms. The summed E-state index contributed by atoms with van der Waals surface area (Å²) < 4.78 is 5.41. The van der Waals surface area contributed by atoms with E-state index in [9.17, 15) is 4.79 Å². The van der Waals surface area contributed by atoms with E-state index in [1.807, 2.05) is 6.07 Å². The number of Topliss-reactive ketones (excluding diaryl/α,β-unsaturated/α-hetero) is 1. The van der Waals surface area contributed by atoms with Crippen molar-refractivity contribution in [3.05, 3.63) is 33.1 Å². The first-order valence-electron chi connectivity index (χ1n) is 8.84. The summed E-state index contributed by atoms with van der Waals surface area (Å²) in [6.45, 7) is 2.91. The maximum absolute atomic E-state index is 12.0. The van der Waals surface area contributed by atoms with E-state index in [0.717, 1.165) is 18.4 Å². The van der Waals surface area contributed by atoms with Gasteiger partial charge in [-0.3, -0.25) is 4.79 Å². The second-order valence-electron chi connectivity index (χ2n) is 6.64. The number of anilines is 2. The zero-order valence-electron chi connectivity index (χ0n) is 15.1. The Balaban J connectivity index is 1.88. The van der Waals surface area contributed by atoms with Crippen LogP contribution < -0.4 is 11.1 Å². The molecule has 0 saturated carbocycles. The van der Waals surface area contributed by atoms with Gasteiger partial charge in [0.25, 0.3) is 0 Å². The molecular formula is C19H18Cl2N4O2S. The Kier molecular flexibility index (Phi) is 5.42. The van der Waals surface area contributed by atoms with Crippen molar-refractivity contribution < 1.29 is 9.53 Å². The first kappa shape index (κ1) is 19.4. The normalized spacial score (nSPS) is 15.1. The van der Waals surface area contributed by atoms with E-state index in [4.69, 9.17) is 38.7 Å². The number of carbonyl (C=O) groups is 1. The molecule has 28 heavy (non-hydrogen) atoms. The van der Waals surface area contributed by atoms with Crippen LogP contribution >= 0.6 is 34.5 Å². The predicted molar refractivity (Wildman–Crippen MR) is 115 cm³/mol. The van der Waals surface area contributed by atoms with Crippen molar-refractivity contribution in [2.45, 2.75) is 25.8 Å². The molecule has 1 fully saturated rings. The van der Waals surface area contributed by atoms with Gasteiger partial charge in [-0.2, -0.15) is 0 Å². The molecule has 0 amide bonds. The number of nitrogens with zero attached hydrogens (tertiary/aromatic N) is 2. The van der Waals surface area contributed by atoms with Crippen LogP contribution in [0.25, 0.3) is 21.5 Å². The molecule has 146 valence electrons. The molecule has 1 aliphatic heterocycles. The van der Waals surface area contributed by atoms with Crippen molar-refractivity contribution >= 4 is 62.2 Å². The highest BCUT2D eigenvalue weighted by atomic mass is 35.5. The maximum Gasteiger partial charge on any atom is 0.224 e. The van der Waals surface area contributed by atoms with Crippen LogP contribution in [0.5, 0.6) is 0 Å². The fraction of sp³-hybridized carbons (Fsp3) is 0.316. The van der Waals surface area contributed by atoms with Gasteiger partial charge in [-0.15, -0.1) is 11.3 Å². The minimum Gasteiger partial charge on any atom is -0.397 e. The lowest BCUT2D eigenvalue weighted by atomic mass is 10.1. The second kappa shape index (κ2) is 7.83. The Morgan fingerprint density at radius 3 is 2.68 bits per heavy atom. The number of benzene rings is 1. The summed E-state index contributed by atoms with van der Waals surface area (Å²) in [5.41, 5.74) is 8.07. The summed E-state index contributed by atoms with van der Waals surface area (Å²) >= 11 is 13.6. The van der Waals surface area contributed by atoms with E-state index in [-0.39, 0.29) is 11.8 Å². The number of hydrogen-bond acceptors (Lipinski definition) is 7. The topological polar surface area (TPSA) is 90.1 Å². The third-order valence-electron chi connectivity index (χ3n) is 4.66. The van der Waals surface area contributed by atoms with Crippen LogP contribution in [0.3, 0.4) is 0 Å². The SMILES string of the molecule is CC(=O)c1sc2nc(NC3CCOCC3)nc(-c3ccc(Cl)c(Cl)c3)c2c1N. The van der Waals surface area contributed by atoms with Crippen LogP contribution in [-0.4, -0.2) is 35.0 Å². The molecule has 0 unspecified atom stereocenters. The number of nitrogens with one attached hydrogen (secondary N) is 1. The average molecular weight is 437 g/mol. The van der Waals surface area contributed by atoms with E-state index < -0.39 is 0 Å². The molecule has 1 aromatic carbocycles. The number of ketones is 1. The number of halogens is 2. The zero-order chi connectivity index (χ0) is 19.8. The van der Waals surface area contributed by atoms with Gasteiger partial charge < -0.3 is 15.8 Å². The highest BCUT2D eigenvalue weighted by Gasteiger charge is 2.22. The van der Waals surface area contributed by atoms with Gasteiger partial charge >= 0.3 is 0 Å². The summed E-state index contributed by atoms with van der Waals surface area (Å²) in [5, 5.41) is 4.92. The fourth-order valence-electron chi connectivity index (χ4n) is 3.22. The maximum atomic E-state index is 12.0. The molecule has 3 heterocycles. The number of hydrogen-bond donors (Lipinski definition) is 2. The van der Waals surface area contributed by atoms with Gasteiger partial charge in [-0.1, -0.05) is 29.3 Å². The van der Waals surface area contributed by atoms with Crippen molar-refractivity contribution in [3.8, 4) is 11.3 Å². The molecule has 4 rings (SSSR count). The van der Waals surface area contributed by atoms with Gasteiger partial charge in [-0.05, 0) is 25.0 Å². The first-order chi connectivity index (χ1) is 13.4. The van der Waals surface area contributed by atoms with Crippen LogP contribution in [0.2, 0.25) is 10.0 Å². The number of fused-ring (bicyclic) bond motifs is 1. The van der Waals surface area contributed by atoms with Gasteiger partial charge in [0.1, 0.15) is 4.83 Å². The third kappa shape index (κ3) is 3.67. The standard InChI is InChI=1S/C19H18Cl2N4O2S/c1-9(26)17-15(22)14-16(10-2-3-12(20)13(21)8-10)24-19(25-18(14)28-17)23-11-4-6-27-7-5-11/h2-3,8,11H,4-7,22H2,1H3,(H,23,24,25). The van der Waals surface area contributed by atoms with Crippen molar-refractivity contribution in [2.75, 3.05) is 24.3 Å². The quantitative estimate of drug-likeness (QED) is 0.556. The molecule has 0 aliphatic carbocycles. The minimum absolute atomic E-state index is 0.0977. The van der Waals surface area contributed by atoms with E-state index in [2.05, 4.69) is 10.3 Å². The number of aromatic nitrogens is 2. The summed E-state index contributed by atoms with van der Waals surface area (Å²) in [5.74, 6) is 0.399. The molecule has 0 bridgehead atoms. The Morgan fingerprint density at radius 2 is 2.00 bits per heavy atom. The van der Waals surface area contributed by atoms with Gasteiger partial charge in [0, 0.05) is 31.7 Å². The molecular weight excluding hydrogens is 419 g/mol. The monoisotopic (exact) mass is 436 g/mol. The molecule has 0 atom stereocenters. The molecule has 9 heteroatoms. The van der Waals surface area contributed by atoms with Crippen molar-refractivity contribution in [2.24, 2.45) is 0 Å². The Bertz CT molecular complexity index is 1060.